The van der Waals surface area contributed by atoms with Crippen LogP contribution in [-0.2, 0) is 11.3 Å². The molecule has 4 aromatic rings. The van der Waals surface area contributed by atoms with E-state index in [9.17, 15) is 9.59 Å². The molecule has 2 aromatic heterocycles. The molecule has 0 fully saturated rings. The van der Waals surface area contributed by atoms with Crippen molar-refractivity contribution in [3.63, 3.8) is 0 Å². The van der Waals surface area contributed by atoms with Crippen molar-refractivity contribution in [2.24, 2.45) is 0 Å². The Labute approximate surface area is 188 Å². The van der Waals surface area contributed by atoms with Crippen LogP contribution in [0.5, 0.6) is 0 Å². The first kappa shape index (κ1) is 21.3. The van der Waals surface area contributed by atoms with Crippen molar-refractivity contribution in [1.82, 2.24) is 9.55 Å². The van der Waals surface area contributed by atoms with Crippen LogP contribution >= 0.6 is 22.9 Å². The van der Waals surface area contributed by atoms with Crippen molar-refractivity contribution >= 4 is 39.1 Å². The third-order valence-corrected chi connectivity index (χ3v) is 6.14. The van der Waals surface area contributed by atoms with E-state index in [1.807, 2.05) is 57.2 Å². The maximum atomic E-state index is 13.3. The second-order valence-corrected chi connectivity index (χ2v) is 9.19. The van der Waals surface area contributed by atoms with Gasteiger partial charge in [0.15, 0.2) is 0 Å². The number of rotatable bonds is 5. The maximum absolute atomic E-state index is 13.3. The van der Waals surface area contributed by atoms with Gasteiger partial charge in [-0.1, -0.05) is 35.9 Å². The highest BCUT2D eigenvalue weighted by Crippen LogP contribution is 2.35. The second kappa shape index (κ2) is 8.65. The first-order chi connectivity index (χ1) is 14.8. The predicted octanol–water partition coefficient (Wildman–Crippen LogP) is 5.70. The van der Waals surface area contributed by atoms with E-state index in [0.717, 1.165) is 26.4 Å². The van der Waals surface area contributed by atoms with Crippen molar-refractivity contribution in [3.05, 3.63) is 86.2 Å². The van der Waals surface area contributed by atoms with Crippen LogP contribution in [-0.4, -0.2) is 21.6 Å². The van der Waals surface area contributed by atoms with Gasteiger partial charge in [0.25, 0.3) is 5.56 Å². The predicted molar refractivity (Wildman–Crippen MR) is 125 cm³/mol. The third kappa shape index (κ3) is 4.40. The highest BCUT2D eigenvalue weighted by Gasteiger charge is 2.17. The Bertz CT molecular complexity index is 1310. The zero-order chi connectivity index (χ0) is 22.1. The summed E-state index contributed by atoms with van der Waals surface area (Å²) in [4.78, 5) is 31.6. The van der Waals surface area contributed by atoms with Crippen molar-refractivity contribution in [1.29, 1.82) is 0 Å². The fourth-order valence-electron chi connectivity index (χ4n) is 3.44. The fraction of sp³-hybridized carbons (Fsp3) is 0.208. The van der Waals surface area contributed by atoms with Crippen molar-refractivity contribution in [2.75, 3.05) is 0 Å². The van der Waals surface area contributed by atoms with Gasteiger partial charge in [0.05, 0.1) is 29.9 Å². The molecule has 0 atom stereocenters. The number of hydrogen-bond donors (Lipinski definition) is 0. The zero-order valence-corrected chi connectivity index (χ0v) is 19.0. The molecule has 0 saturated carbocycles. The van der Waals surface area contributed by atoms with E-state index in [0.29, 0.717) is 22.5 Å². The summed E-state index contributed by atoms with van der Waals surface area (Å²) in [6, 6.07) is 14.6. The van der Waals surface area contributed by atoms with E-state index in [-0.39, 0.29) is 17.6 Å². The minimum Gasteiger partial charge on any atom is -0.459 e. The molecule has 0 spiro atoms. The summed E-state index contributed by atoms with van der Waals surface area (Å²) in [7, 11) is 0. The molecule has 2 heterocycles. The number of aryl methyl sites for hydroxylation is 1. The molecule has 5 nitrogen and oxygen atoms in total. The average Bonchev–Trinajstić information content (AvgIpc) is 3.07. The van der Waals surface area contributed by atoms with E-state index >= 15 is 0 Å². The molecule has 0 radical (unpaired) electrons. The summed E-state index contributed by atoms with van der Waals surface area (Å²) < 4.78 is 6.81. The SMILES string of the molecule is Cc1sc2ncn(Cc3ccc(C(=O)OC(C)C)cc3)c(=O)c2c1-c1ccc(Cl)cc1. The van der Waals surface area contributed by atoms with Crippen LogP contribution in [0.2, 0.25) is 5.02 Å². The summed E-state index contributed by atoms with van der Waals surface area (Å²) in [5.41, 5.74) is 3.12. The Morgan fingerprint density at radius 2 is 1.81 bits per heavy atom. The molecule has 0 bridgehead atoms. The minimum atomic E-state index is -0.358. The molecule has 0 N–H and O–H groups in total. The van der Waals surface area contributed by atoms with Crippen LogP contribution in [0, 0.1) is 6.92 Å². The first-order valence-electron chi connectivity index (χ1n) is 9.88. The Balaban J connectivity index is 1.69. The standard InChI is InChI=1S/C24H21ClN2O3S/c1-14(2)30-24(29)18-6-4-16(5-7-18)12-27-13-26-22-21(23(27)28)20(15(3)31-22)17-8-10-19(25)11-9-17/h4-11,13-14H,12H2,1-3H3. The van der Waals surface area contributed by atoms with Crippen LogP contribution in [0.15, 0.2) is 59.7 Å². The van der Waals surface area contributed by atoms with Crippen molar-refractivity contribution in [2.45, 2.75) is 33.4 Å². The number of carbonyl (C=O) groups excluding carboxylic acids is 1. The quantitative estimate of drug-likeness (QED) is 0.364. The number of halogens is 1. The van der Waals surface area contributed by atoms with Gasteiger partial charge in [-0.2, -0.15) is 0 Å². The molecule has 0 aliphatic carbocycles. The van der Waals surface area contributed by atoms with Gasteiger partial charge in [0, 0.05) is 15.5 Å². The number of esters is 1. The van der Waals surface area contributed by atoms with Gasteiger partial charge in [-0.3, -0.25) is 9.36 Å². The van der Waals surface area contributed by atoms with E-state index < -0.39 is 0 Å². The fourth-order valence-corrected chi connectivity index (χ4v) is 4.57. The molecule has 31 heavy (non-hydrogen) atoms. The molecule has 7 heteroatoms. The summed E-state index contributed by atoms with van der Waals surface area (Å²) in [5.74, 6) is -0.358. The van der Waals surface area contributed by atoms with Gasteiger partial charge in [0.1, 0.15) is 4.83 Å². The summed E-state index contributed by atoms with van der Waals surface area (Å²) in [5, 5.41) is 1.27. The number of hydrogen-bond acceptors (Lipinski definition) is 5. The van der Waals surface area contributed by atoms with Gasteiger partial charge in [-0.25, -0.2) is 9.78 Å². The van der Waals surface area contributed by atoms with Crippen molar-refractivity contribution < 1.29 is 9.53 Å². The zero-order valence-electron chi connectivity index (χ0n) is 17.4. The van der Waals surface area contributed by atoms with Gasteiger partial charge in [-0.15, -0.1) is 11.3 Å². The van der Waals surface area contributed by atoms with Crippen LogP contribution < -0.4 is 5.56 Å². The lowest BCUT2D eigenvalue weighted by Crippen LogP contribution is -2.21. The summed E-state index contributed by atoms with van der Waals surface area (Å²) in [6.45, 7) is 5.98. The number of fused-ring (bicyclic) bond motifs is 1. The molecular weight excluding hydrogens is 432 g/mol. The van der Waals surface area contributed by atoms with E-state index in [2.05, 4.69) is 4.98 Å². The van der Waals surface area contributed by atoms with Crippen LogP contribution in [0.25, 0.3) is 21.3 Å². The number of ether oxygens (including phenoxy) is 1. The van der Waals surface area contributed by atoms with Gasteiger partial charge >= 0.3 is 5.97 Å². The number of thiophene rings is 1. The smallest absolute Gasteiger partial charge is 0.338 e. The van der Waals surface area contributed by atoms with E-state index in [4.69, 9.17) is 16.3 Å². The Kier molecular flexibility index (Phi) is 5.94. The molecular formula is C24H21ClN2O3S. The molecule has 158 valence electrons. The molecule has 0 unspecified atom stereocenters. The number of carbonyl (C=O) groups is 1. The third-order valence-electron chi connectivity index (χ3n) is 4.87. The number of aromatic nitrogens is 2. The van der Waals surface area contributed by atoms with Crippen LogP contribution in [0.4, 0.5) is 0 Å². The number of nitrogens with zero attached hydrogens (tertiary/aromatic N) is 2. The molecule has 0 amide bonds. The highest BCUT2D eigenvalue weighted by molar-refractivity contribution is 7.19. The number of benzene rings is 2. The average molecular weight is 453 g/mol. The summed E-state index contributed by atoms with van der Waals surface area (Å²) >= 11 is 7.54. The molecule has 0 aliphatic heterocycles. The molecule has 2 aromatic carbocycles. The van der Waals surface area contributed by atoms with Gasteiger partial charge < -0.3 is 4.74 Å². The lowest BCUT2D eigenvalue weighted by Gasteiger charge is -2.09. The molecule has 0 saturated heterocycles. The lowest BCUT2D eigenvalue weighted by atomic mass is 10.0. The van der Waals surface area contributed by atoms with Gasteiger partial charge in [0.2, 0.25) is 0 Å². The van der Waals surface area contributed by atoms with Gasteiger partial charge in [-0.05, 0) is 56.2 Å². The van der Waals surface area contributed by atoms with E-state index in [1.54, 1.807) is 23.0 Å². The first-order valence-corrected chi connectivity index (χ1v) is 11.1. The second-order valence-electron chi connectivity index (χ2n) is 7.55. The molecule has 4 rings (SSSR count). The Morgan fingerprint density at radius 1 is 1.13 bits per heavy atom. The normalized spacial score (nSPS) is 11.3. The van der Waals surface area contributed by atoms with E-state index in [1.165, 1.54) is 11.3 Å². The Hall–Kier alpha value is -2.96. The Morgan fingerprint density at radius 3 is 2.45 bits per heavy atom. The lowest BCUT2D eigenvalue weighted by molar-refractivity contribution is 0.0378. The topological polar surface area (TPSA) is 61.2 Å². The van der Waals surface area contributed by atoms with Crippen LogP contribution in [0.3, 0.4) is 0 Å². The molecule has 0 aliphatic rings. The monoisotopic (exact) mass is 452 g/mol. The minimum absolute atomic E-state index is 0.0948. The maximum Gasteiger partial charge on any atom is 0.338 e. The summed E-state index contributed by atoms with van der Waals surface area (Å²) in [6.07, 6.45) is 1.40. The largest absolute Gasteiger partial charge is 0.459 e. The van der Waals surface area contributed by atoms with Crippen molar-refractivity contribution in [3.8, 4) is 11.1 Å². The highest BCUT2D eigenvalue weighted by atomic mass is 35.5. The van der Waals surface area contributed by atoms with Crippen LogP contribution in [0.1, 0.15) is 34.6 Å².